The summed E-state index contributed by atoms with van der Waals surface area (Å²) in [7, 11) is 1.47. The monoisotopic (exact) mass is 603 g/mol. The topological polar surface area (TPSA) is 124 Å². The van der Waals surface area contributed by atoms with Crippen molar-refractivity contribution in [2.24, 2.45) is 29.1 Å². The molecule has 1 unspecified atom stereocenters. The number of methoxy groups -OCH3 is 1. The molecule has 3 aliphatic rings. The van der Waals surface area contributed by atoms with E-state index in [-0.39, 0.29) is 24.8 Å². The molecule has 2 heterocycles. The van der Waals surface area contributed by atoms with Crippen LogP contribution in [0.15, 0.2) is 30.6 Å². The molecule has 2 saturated carbocycles. The summed E-state index contributed by atoms with van der Waals surface area (Å²) >= 11 is 0. The highest BCUT2D eigenvalue weighted by Crippen LogP contribution is 2.58. The van der Waals surface area contributed by atoms with Gasteiger partial charge in [0.25, 0.3) is 0 Å². The van der Waals surface area contributed by atoms with Crippen molar-refractivity contribution in [1.29, 1.82) is 5.26 Å². The molecule has 0 radical (unpaired) electrons. The van der Waals surface area contributed by atoms with Crippen molar-refractivity contribution in [3.8, 4) is 11.8 Å². The van der Waals surface area contributed by atoms with Crippen LogP contribution in [-0.2, 0) is 14.4 Å². The SMILES string of the molecule is COc1cccc2cncc(C(C#N)NC(=O)[C@@H]3[C@@H]4[C@H](CN3C(=O)[C@@H](NC(=O)C(F)(F)F)C(C)(C)C)[C@H]3C[C@@H]4[C@H](F)C3)c12. The fourth-order valence-corrected chi connectivity index (χ4v) is 7.32. The predicted octanol–water partition coefficient (Wildman–Crippen LogP) is 3.84. The van der Waals surface area contributed by atoms with Gasteiger partial charge in [-0.05, 0) is 48.0 Å². The lowest BCUT2D eigenvalue weighted by molar-refractivity contribution is -0.176. The first kappa shape index (κ1) is 30.5. The van der Waals surface area contributed by atoms with Crippen molar-refractivity contribution < 1.29 is 36.7 Å². The number of pyridine rings is 1. The number of nitrogens with one attached hydrogen (secondary N) is 2. The van der Waals surface area contributed by atoms with Gasteiger partial charge < -0.3 is 20.3 Å². The molecule has 2 aromatic rings. The molecular weight excluding hydrogens is 570 g/mol. The lowest BCUT2D eigenvalue weighted by Crippen LogP contribution is -2.60. The van der Waals surface area contributed by atoms with Crippen LogP contribution in [0.4, 0.5) is 17.6 Å². The van der Waals surface area contributed by atoms with Gasteiger partial charge in [0.05, 0.1) is 13.2 Å². The van der Waals surface area contributed by atoms with Crippen molar-refractivity contribution >= 4 is 28.5 Å². The maximum absolute atomic E-state index is 15.0. The Morgan fingerprint density at radius 2 is 1.84 bits per heavy atom. The van der Waals surface area contributed by atoms with Gasteiger partial charge >= 0.3 is 12.1 Å². The van der Waals surface area contributed by atoms with Crippen molar-refractivity contribution in [3.05, 3.63) is 36.2 Å². The van der Waals surface area contributed by atoms with Crippen molar-refractivity contribution in [2.75, 3.05) is 13.7 Å². The number of nitrogens with zero attached hydrogens (tertiary/aromatic N) is 3. The second kappa shape index (κ2) is 11.0. The van der Waals surface area contributed by atoms with E-state index >= 15 is 4.39 Å². The Bertz CT molecular complexity index is 1480. The van der Waals surface area contributed by atoms with E-state index in [4.69, 9.17) is 4.74 Å². The van der Waals surface area contributed by atoms with Crippen LogP contribution in [0.2, 0.25) is 0 Å². The predicted molar refractivity (Wildman–Crippen MR) is 146 cm³/mol. The minimum Gasteiger partial charge on any atom is -0.496 e. The van der Waals surface area contributed by atoms with E-state index in [9.17, 15) is 32.8 Å². The molecule has 9 nitrogen and oxygen atoms in total. The number of likely N-dealkylation sites (tertiary alicyclic amines) is 1. The molecule has 2 N–H and O–H groups in total. The molecule has 3 amide bonds. The number of halogens is 4. The first-order valence-electron chi connectivity index (χ1n) is 14.1. The molecule has 43 heavy (non-hydrogen) atoms. The zero-order valence-corrected chi connectivity index (χ0v) is 24.1. The molecule has 230 valence electrons. The third-order valence-corrected chi connectivity index (χ3v) is 9.19. The van der Waals surface area contributed by atoms with E-state index in [2.05, 4.69) is 16.4 Å². The lowest BCUT2D eigenvalue weighted by Gasteiger charge is -2.37. The van der Waals surface area contributed by atoms with E-state index in [0.717, 1.165) is 0 Å². The number of fused-ring (bicyclic) bond motifs is 6. The molecule has 3 fully saturated rings. The minimum atomic E-state index is -5.23. The van der Waals surface area contributed by atoms with Gasteiger partial charge in [-0.25, -0.2) is 4.39 Å². The van der Waals surface area contributed by atoms with E-state index in [1.807, 2.05) is 5.32 Å². The van der Waals surface area contributed by atoms with E-state index in [1.54, 1.807) is 24.4 Å². The van der Waals surface area contributed by atoms with Gasteiger partial charge in [-0.3, -0.25) is 19.4 Å². The number of aromatic nitrogens is 1. The molecule has 1 aromatic heterocycles. The molecule has 2 aliphatic carbocycles. The molecule has 2 bridgehead atoms. The van der Waals surface area contributed by atoms with Gasteiger partial charge in [-0.15, -0.1) is 0 Å². The van der Waals surface area contributed by atoms with Crippen molar-refractivity contribution in [2.45, 2.75) is 64.1 Å². The third kappa shape index (κ3) is 5.36. The van der Waals surface area contributed by atoms with Crippen LogP contribution in [0.3, 0.4) is 0 Å². The first-order chi connectivity index (χ1) is 20.2. The fourth-order valence-electron chi connectivity index (χ4n) is 7.32. The van der Waals surface area contributed by atoms with Gasteiger partial charge in [0.1, 0.15) is 30.0 Å². The maximum atomic E-state index is 15.0. The summed E-state index contributed by atoms with van der Waals surface area (Å²) in [5.41, 5.74) is -0.807. The van der Waals surface area contributed by atoms with Crippen molar-refractivity contribution in [1.82, 2.24) is 20.5 Å². The highest BCUT2D eigenvalue weighted by molar-refractivity contribution is 5.95. The van der Waals surface area contributed by atoms with Crippen LogP contribution in [0, 0.1) is 40.4 Å². The molecule has 1 aromatic carbocycles. The summed E-state index contributed by atoms with van der Waals surface area (Å²) in [6.07, 6.45) is -2.57. The van der Waals surface area contributed by atoms with Crippen LogP contribution < -0.4 is 15.4 Å². The van der Waals surface area contributed by atoms with Gasteiger partial charge in [0.2, 0.25) is 11.8 Å². The molecule has 1 aliphatic heterocycles. The highest BCUT2D eigenvalue weighted by Gasteiger charge is 2.63. The number of nitriles is 1. The number of carbonyl (C=O) groups excluding carboxylic acids is 3. The summed E-state index contributed by atoms with van der Waals surface area (Å²) in [6.45, 7) is 4.55. The maximum Gasteiger partial charge on any atom is 0.471 e. The Balaban J connectivity index is 1.51. The largest absolute Gasteiger partial charge is 0.496 e. The fraction of sp³-hybridized carbons (Fsp3) is 0.567. The number of hydrogen-bond acceptors (Lipinski definition) is 6. The smallest absolute Gasteiger partial charge is 0.471 e. The first-order valence-corrected chi connectivity index (χ1v) is 14.1. The lowest BCUT2D eigenvalue weighted by atomic mass is 9.77. The van der Waals surface area contributed by atoms with Crippen LogP contribution >= 0.6 is 0 Å². The number of benzene rings is 1. The van der Waals surface area contributed by atoms with E-state index in [0.29, 0.717) is 28.5 Å². The van der Waals surface area contributed by atoms with Gasteiger partial charge in [-0.1, -0.05) is 32.9 Å². The summed E-state index contributed by atoms with van der Waals surface area (Å²) < 4.78 is 60.1. The standard InChI is InChI=1S/C30H33F4N5O4/c1-29(2,3)25(38-28(42)30(32,33)34)27(41)39-13-18-15-8-16(19(31)9-15)23(18)24(39)26(40)37-20(10-35)17-12-36-11-14-6-5-7-21(43-4)22(14)17/h5-7,11-12,15-16,18-20,23-25H,8-9,13H2,1-4H3,(H,37,40)(H,38,42)/t15-,16+,18+,19+,20?,23-,24-,25+/m0/s1. The number of alkyl halides is 4. The van der Waals surface area contributed by atoms with Gasteiger partial charge in [0, 0.05) is 35.3 Å². The molecular formula is C30H33F4N5O4. The second-order valence-electron chi connectivity index (χ2n) is 12.7. The summed E-state index contributed by atoms with van der Waals surface area (Å²) in [4.78, 5) is 45.4. The van der Waals surface area contributed by atoms with Crippen LogP contribution in [0.5, 0.6) is 5.75 Å². The second-order valence-corrected chi connectivity index (χ2v) is 12.7. The van der Waals surface area contributed by atoms with Crippen LogP contribution in [-0.4, -0.2) is 65.7 Å². The Labute approximate surface area is 245 Å². The third-order valence-electron chi connectivity index (χ3n) is 9.19. The number of amides is 3. The summed E-state index contributed by atoms with van der Waals surface area (Å²) in [6, 6.07) is 3.18. The minimum absolute atomic E-state index is 0.0325. The zero-order valence-electron chi connectivity index (χ0n) is 24.1. The number of hydrogen-bond donors (Lipinski definition) is 2. The summed E-state index contributed by atoms with van der Waals surface area (Å²) in [5, 5.41) is 15.9. The Hall–Kier alpha value is -3.95. The van der Waals surface area contributed by atoms with Crippen molar-refractivity contribution in [3.63, 3.8) is 0 Å². The normalized spacial score (nSPS) is 27.7. The molecule has 1 saturated heterocycles. The van der Waals surface area contributed by atoms with Gasteiger partial charge in [0.15, 0.2) is 0 Å². The van der Waals surface area contributed by atoms with E-state index < -0.39 is 65.4 Å². The average Bonchev–Trinajstić information content (AvgIpc) is 3.62. The molecule has 8 atom stereocenters. The molecule has 0 spiro atoms. The van der Waals surface area contributed by atoms with Crippen LogP contribution in [0.1, 0.15) is 45.2 Å². The Morgan fingerprint density at radius 3 is 2.47 bits per heavy atom. The zero-order chi connectivity index (χ0) is 31.4. The average molecular weight is 604 g/mol. The molecule has 5 rings (SSSR count). The van der Waals surface area contributed by atoms with E-state index in [1.165, 1.54) is 39.0 Å². The summed E-state index contributed by atoms with van der Waals surface area (Å²) in [5.74, 6) is -4.84. The Kier molecular flexibility index (Phi) is 7.77. The quantitative estimate of drug-likeness (QED) is 0.484. The number of rotatable bonds is 6. The highest BCUT2D eigenvalue weighted by atomic mass is 19.4. The number of carbonyl (C=O) groups is 3. The van der Waals surface area contributed by atoms with Gasteiger partial charge in [-0.2, -0.15) is 18.4 Å². The number of ether oxygens (including phenoxy) is 1. The Morgan fingerprint density at radius 1 is 1.12 bits per heavy atom. The molecule has 13 heteroatoms. The van der Waals surface area contributed by atoms with Crippen LogP contribution in [0.25, 0.3) is 10.8 Å².